The van der Waals surface area contributed by atoms with E-state index in [0.29, 0.717) is 27.6 Å². The Balaban J connectivity index is 2.04. The Morgan fingerprint density at radius 2 is 2.18 bits per heavy atom. The topological polar surface area (TPSA) is 102 Å². The van der Waals surface area contributed by atoms with Crippen LogP contribution in [0.5, 0.6) is 0 Å². The van der Waals surface area contributed by atoms with E-state index in [-0.39, 0.29) is 12.1 Å². The lowest BCUT2D eigenvalue weighted by molar-refractivity contribution is 0.663. The molecule has 0 fully saturated rings. The lowest BCUT2D eigenvalue weighted by atomic mass is 10.2. The first-order chi connectivity index (χ1) is 10.7. The minimum atomic E-state index is -0.209. The molecule has 0 spiro atoms. The first kappa shape index (κ1) is 14.2. The Morgan fingerprint density at radius 3 is 2.91 bits per heavy atom. The van der Waals surface area contributed by atoms with Crippen LogP contribution in [0.15, 0.2) is 34.2 Å². The van der Waals surface area contributed by atoms with Crippen molar-refractivity contribution in [3.63, 3.8) is 0 Å². The third-order valence-electron chi connectivity index (χ3n) is 3.08. The van der Waals surface area contributed by atoms with E-state index in [4.69, 9.17) is 5.26 Å². The number of aryl methyl sites for hydroxylation is 1. The van der Waals surface area contributed by atoms with E-state index in [1.807, 2.05) is 12.1 Å². The minimum Gasteiger partial charge on any atom is -0.281 e. The van der Waals surface area contributed by atoms with Crippen molar-refractivity contribution in [1.82, 2.24) is 29.8 Å². The van der Waals surface area contributed by atoms with Gasteiger partial charge in [0.2, 0.25) is 5.16 Å². The number of tetrazole rings is 1. The van der Waals surface area contributed by atoms with Gasteiger partial charge in [-0.25, -0.2) is 9.67 Å². The highest BCUT2D eigenvalue weighted by Gasteiger charge is 2.12. The van der Waals surface area contributed by atoms with Crippen molar-refractivity contribution in [3.8, 4) is 6.07 Å². The number of rotatable bonds is 4. The monoisotopic (exact) mass is 313 g/mol. The van der Waals surface area contributed by atoms with Crippen LogP contribution in [0.1, 0.15) is 5.82 Å². The van der Waals surface area contributed by atoms with Gasteiger partial charge in [0.1, 0.15) is 12.4 Å². The van der Waals surface area contributed by atoms with Crippen LogP contribution in [-0.4, -0.2) is 29.8 Å². The van der Waals surface area contributed by atoms with Gasteiger partial charge in [-0.2, -0.15) is 5.26 Å². The summed E-state index contributed by atoms with van der Waals surface area (Å²) in [5.74, 6) is 0.925. The summed E-state index contributed by atoms with van der Waals surface area (Å²) in [5, 5.41) is 21.3. The Bertz CT molecular complexity index is 924. The maximum absolute atomic E-state index is 12.5. The summed E-state index contributed by atoms with van der Waals surface area (Å²) in [6.45, 7) is -0.0381. The number of nitrogens with zero attached hydrogens (tertiary/aromatic N) is 7. The van der Waals surface area contributed by atoms with Crippen molar-refractivity contribution in [2.24, 2.45) is 7.05 Å². The van der Waals surface area contributed by atoms with Crippen LogP contribution in [0.25, 0.3) is 10.9 Å². The van der Waals surface area contributed by atoms with Crippen LogP contribution in [0.2, 0.25) is 0 Å². The molecule has 22 heavy (non-hydrogen) atoms. The number of hydrogen-bond donors (Lipinski definition) is 0. The van der Waals surface area contributed by atoms with Crippen LogP contribution in [0.4, 0.5) is 0 Å². The summed E-state index contributed by atoms with van der Waals surface area (Å²) in [4.78, 5) is 17.0. The first-order valence-electron chi connectivity index (χ1n) is 6.41. The fourth-order valence-electron chi connectivity index (χ4n) is 2.03. The molecule has 0 saturated heterocycles. The Kier molecular flexibility index (Phi) is 3.84. The van der Waals surface area contributed by atoms with E-state index < -0.39 is 0 Å². The van der Waals surface area contributed by atoms with Crippen molar-refractivity contribution in [3.05, 3.63) is 40.4 Å². The van der Waals surface area contributed by atoms with Crippen molar-refractivity contribution in [2.75, 3.05) is 0 Å². The lowest BCUT2D eigenvalue weighted by Gasteiger charge is -2.10. The van der Waals surface area contributed by atoms with Gasteiger partial charge in [0.25, 0.3) is 5.56 Å². The maximum Gasteiger partial charge on any atom is 0.262 e. The molecule has 0 atom stereocenters. The molecule has 0 bridgehead atoms. The van der Waals surface area contributed by atoms with Gasteiger partial charge in [-0.15, -0.1) is 5.10 Å². The van der Waals surface area contributed by atoms with E-state index in [9.17, 15) is 4.79 Å². The first-order valence-corrected chi connectivity index (χ1v) is 7.40. The smallest absolute Gasteiger partial charge is 0.262 e. The van der Waals surface area contributed by atoms with E-state index in [1.165, 1.54) is 16.3 Å². The number of hydrogen-bond acceptors (Lipinski definition) is 7. The molecule has 0 amide bonds. The van der Waals surface area contributed by atoms with Gasteiger partial charge in [-0.3, -0.25) is 9.36 Å². The van der Waals surface area contributed by atoms with Gasteiger partial charge in [0.15, 0.2) is 0 Å². The third-order valence-corrected chi connectivity index (χ3v) is 4.09. The molecule has 0 N–H and O–H groups in total. The molecule has 1 aromatic carbocycles. The average molecular weight is 313 g/mol. The van der Waals surface area contributed by atoms with Gasteiger partial charge in [0.05, 0.1) is 22.7 Å². The summed E-state index contributed by atoms with van der Waals surface area (Å²) in [7, 11) is 1.73. The number of fused-ring (bicyclic) bond motifs is 1. The summed E-state index contributed by atoms with van der Waals surface area (Å²) >= 11 is 1.36. The molecule has 0 aliphatic carbocycles. The van der Waals surface area contributed by atoms with Crippen molar-refractivity contribution in [2.45, 2.75) is 17.5 Å². The fourth-order valence-corrected chi connectivity index (χ4v) is 2.83. The molecule has 0 radical (unpaired) electrons. The molecule has 3 aromatic rings. The molecule has 0 aliphatic rings. The predicted molar refractivity (Wildman–Crippen MR) is 80.0 cm³/mol. The largest absolute Gasteiger partial charge is 0.281 e. The van der Waals surface area contributed by atoms with Gasteiger partial charge in [0, 0.05) is 7.05 Å². The Hall–Kier alpha value is -2.73. The van der Waals surface area contributed by atoms with Crippen molar-refractivity contribution in [1.29, 1.82) is 5.26 Å². The summed E-state index contributed by atoms with van der Waals surface area (Å²) < 4.78 is 2.93. The quantitative estimate of drug-likeness (QED) is 0.654. The second kappa shape index (κ2) is 5.95. The van der Waals surface area contributed by atoms with Gasteiger partial charge in [-0.1, -0.05) is 23.9 Å². The summed E-state index contributed by atoms with van der Waals surface area (Å²) in [6, 6.07) is 9.10. The number of nitriles is 1. The highest BCUT2D eigenvalue weighted by atomic mass is 32.2. The van der Waals surface area contributed by atoms with E-state index in [2.05, 4.69) is 20.5 Å². The van der Waals surface area contributed by atoms with Gasteiger partial charge < -0.3 is 0 Å². The van der Waals surface area contributed by atoms with Crippen molar-refractivity contribution < 1.29 is 0 Å². The molecular formula is C13H11N7OS. The molecule has 9 heteroatoms. The molecule has 8 nitrogen and oxygen atoms in total. The Labute approximate surface area is 129 Å². The highest BCUT2D eigenvalue weighted by Crippen LogP contribution is 2.19. The van der Waals surface area contributed by atoms with E-state index >= 15 is 0 Å². The van der Waals surface area contributed by atoms with Crippen molar-refractivity contribution >= 4 is 22.7 Å². The molecule has 2 heterocycles. The average Bonchev–Trinajstić information content (AvgIpc) is 2.94. The number of para-hydroxylation sites is 1. The van der Waals surface area contributed by atoms with E-state index in [0.717, 1.165) is 0 Å². The van der Waals surface area contributed by atoms with Gasteiger partial charge >= 0.3 is 0 Å². The zero-order valence-corrected chi connectivity index (χ0v) is 12.5. The molecule has 2 aromatic heterocycles. The molecule has 0 aliphatic heterocycles. The van der Waals surface area contributed by atoms with Crippen LogP contribution in [-0.2, 0) is 19.3 Å². The fraction of sp³-hybridized carbons (Fsp3) is 0.231. The van der Waals surface area contributed by atoms with Crippen LogP contribution >= 0.6 is 11.8 Å². The van der Waals surface area contributed by atoms with Crippen LogP contribution in [0, 0.1) is 11.3 Å². The lowest BCUT2D eigenvalue weighted by Crippen LogP contribution is -2.24. The number of aromatic nitrogens is 6. The standard InChI is InChI=1S/C13H11N7OS/c1-19-13(16-17-18-19)22-8-11-15-10-5-3-2-4-9(10)12(21)20(11)7-6-14/h2-5H,7-8H2,1H3. The second-order valence-electron chi connectivity index (χ2n) is 4.47. The number of thioether (sulfide) groups is 1. The minimum absolute atomic E-state index is 0.0381. The molecular weight excluding hydrogens is 302 g/mol. The SMILES string of the molecule is Cn1nnnc1SCc1nc2ccccc2c(=O)n1CC#N. The molecule has 0 unspecified atom stereocenters. The molecule has 0 saturated carbocycles. The normalized spacial score (nSPS) is 10.7. The van der Waals surface area contributed by atoms with Crippen LogP contribution in [0.3, 0.4) is 0 Å². The number of benzene rings is 1. The molecule has 110 valence electrons. The summed E-state index contributed by atoms with van der Waals surface area (Å²) in [5.41, 5.74) is 0.409. The third kappa shape index (κ3) is 2.56. The highest BCUT2D eigenvalue weighted by molar-refractivity contribution is 7.98. The predicted octanol–water partition coefficient (Wildman–Crippen LogP) is 0.736. The molecule has 3 rings (SSSR count). The van der Waals surface area contributed by atoms with Gasteiger partial charge in [-0.05, 0) is 22.6 Å². The zero-order valence-electron chi connectivity index (χ0n) is 11.7. The maximum atomic E-state index is 12.5. The zero-order chi connectivity index (χ0) is 15.5. The Morgan fingerprint density at radius 1 is 1.36 bits per heavy atom. The summed E-state index contributed by atoms with van der Waals surface area (Å²) in [6.07, 6.45) is 0. The van der Waals surface area contributed by atoms with E-state index in [1.54, 1.807) is 29.9 Å². The van der Waals surface area contributed by atoms with Crippen LogP contribution < -0.4 is 5.56 Å². The second-order valence-corrected chi connectivity index (χ2v) is 5.41.